The quantitative estimate of drug-likeness (QED) is 0.721. The maximum absolute atomic E-state index is 10.9. The van der Waals surface area contributed by atoms with Crippen molar-refractivity contribution in [1.82, 2.24) is 9.55 Å². The molecule has 3 N–H and O–H groups in total. The molecule has 0 amide bonds. The van der Waals surface area contributed by atoms with E-state index in [-0.39, 0.29) is 5.82 Å². The fraction of sp³-hybridized carbons (Fsp3) is 0.150. The predicted octanol–water partition coefficient (Wildman–Crippen LogP) is 3.06. The van der Waals surface area contributed by atoms with E-state index in [2.05, 4.69) is 11.1 Å². The van der Waals surface area contributed by atoms with Crippen LogP contribution in [0.3, 0.4) is 0 Å². The van der Waals surface area contributed by atoms with Crippen LogP contribution in [0.1, 0.15) is 12.5 Å². The van der Waals surface area contributed by atoms with Gasteiger partial charge in [0.05, 0.1) is 11.4 Å². The van der Waals surface area contributed by atoms with Crippen LogP contribution in [-0.2, 0) is 11.8 Å². The van der Waals surface area contributed by atoms with Gasteiger partial charge in [-0.25, -0.2) is 9.78 Å². The number of nitrogen functional groups attached to an aromatic ring is 1. The highest BCUT2D eigenvalue weighted by atomic mass is 16.5. The molecule has 0 fully saturated rings. The summed E-state index contributed by atoms with van der Waals surface area (Å²) in [4.78, 5) is 15.3. The van der Waals surface area contributed by atoms with Gasteiger partial charge in [0, 0.05) is 18.8 Å². The van der Waals surface area contributed by atoms with E-state index < -0.39 is 12.1 Å². The number of nitrogens with two attached hydrogens (primary N) is 1. The maximum Gasteiger partial charge on any atom is 0.344 e. The van der Waals surface area contributed by atoms with Crippen molar-refractivity contribution in [2.24, 2.45) is 7.05 Å². The summed E-state index contributed by atoms with van der Waals surface area (Å²) in [5.74, 6) is -0.456. The number of nitriles is 1. The van der Waals surface area contributed by atoms with Crippen molar-refractivity contribution in [2.75, 3.05) is 5.73 Å². The van der Waals surface area contributed by atoms with E-state index >= 15 is 0 Å². The molecule has 2 heterocycles. The van der Waals surface area contributed by atoms with E-state index in [1.807, 2.05) is 36.0 Å². The maximum atomic E-state index is 10.9. The van der Waals surface area contributed by atoms with Gasteiger partial charge in [0.2, 0.25) is 0 Å². The second kappa shape index (κ2) is 7.22. The van der Waals surface area contributed by atoms with Crippen LogP contribution in [0.25, 0.3) is 22.5 Å². The average molecular weight is 362 g/mol. The molecule has 1 aromatic carbocycles. The Bertz CT molecular complexity index is 1030. The number of carbonyl (C=O) groups is 1. The topological polar surface area (TPSA) is 114 Å². The third-order valence-corrected chi connectivity index (χ3v) is 4.19. The number of aliphatic carboxylic acids is 1. The van der Waals surface area contributed by atoms with E-state index in [0.717, 1.165) is 11.3 Å². The minimum atomic E-state index is -1.04. The molecule has 0 aliphatic rings. The highest BCUT2D eigenvalue weighted by Gasteiger charge is 2.16. The zero-order valence-electron chi connectivity index (χ0n) is 14.9. The fourth-order valence-electron chi connectivity index (χ4n) is 2.74. The molecule has 1 atom stereocenters. The van der Waals surface area contributed by atoms with Crippen molar-refractivity contribution < 1.29 is 14.6 Å². The van der Waals surface area contributed by atoms with Crippen molar-refractivity contribution in [3.05, 3.63) is 54.2 Å². The molecule has 2 aromatic heterocycles. The smallest absolute Gasteiger partial charge is 0.344 e. The van der Waals surface area contributed by atoms with Crippen LogP contribution in [0.5, 0.6) is 5.75 Å². The summed E-state index contributed by atoms with van der Waals surface area (Å²) < 4.78 is 7.26. The summed E-state index contributed by atoms with van der Waals surface area (Å²) in [6, 6.07) is 14.6. The summed E-state index contributed by atoms with van der Waals surface area (Å²) in [5.41, 5.74) is 9.26. The number of aryl methyl sites for hydroxylation is 1. The minimum Gasteiger partial charge on any atom is -0.479 e. The lowest BCUT2D eigenvalue weighted by atomic mass is 9.99. The van der Waals surface area contributed by atoms with Gasteiger partial charge in [0.25, 0.3) is 0 Å². The van der Waals surface area contributed by atoms with Crippen LogP contribution in [0.2, 0.25) is 0 Å². The second-order valence-electron chi connectivity index (χ2n) is 6.05. The van der Waals surface area contributed by atoms with E-state index in [1.54, 1.807) is 24.3 Å². The lowest BCUT2D eigenvalue weighted by Gasteiger charge is -2.13. The van der Waals surface area contributed by atoms with Gasteiger partial charge in [-0.3, -0.25) is 0 Å². The van der Waals surface area contributed by atoms with E-state index in [9.17, 15) is 10.1 Å². The molecule has 3 rings (SSSR count). The Kier molecular flexibility index (Phi) is 4.81. The molecule has 0 spiro atoms. The van der Waals surface area contributed by atoms with Gasteiger partial charge in [0.1, 0.15) is 23.2 Å². The lowest BCUT2D eigenvalue weighted by Crippen LogP contribution is -2.22. The minimum absolute atomic E-state index is 0.158. The molecule has 0 radical (unpaired) electrons. The fourth-order valence-corrected chi connectivity index (χ4v) is 2.74. The number of carboxylic acids is 1. The Labute approximate surface area is 156 Å². The second-order valence-corrected chi connectivity index (χ2v) is 6.05. The van der Waals surface area contributed by atoms with Gasteiger partial charge in [-0.1, -0.05) is 12.1 Å². The van der Waals surface area contributed by atoms with Gasteiger partial charge < -0.3 is 20.1 Å². The Hall–Kier alpha value is -3.79. The summed E-state index contributed by atoms with van der Waals surface area (Å²) in [6.45, 7) is 1.46. The molecule has 7 nitrogen and oxygen atoms in total. The Morgan fingerprint density at radius 3 is 2.59 bits per heavy atom. The van der Waals surface area contributed by atoms with Crippen molar-refractivity contribution in [2.45, 2.75) is 13.0 Å². The third-order valence-electron chi connectivity index (χ3n) is 4.19. The SMILES string of the molecule is CC(Oc1ccc(-c2cc(-c3cccn3C)nc(N)c2C#N)cc1)C(=O)O. The van der Waals surface area contributed by atoms with Crippen LogP contribution in [0.15, 0.2) is 48.7 Å². The van der Waals surface area contributed by atoms with E-state index in [1.165, 1.54) is 6.92 Å². The number of pyridine rings is 1. The van der Waals surface area contributed by atoms with Crippen LogP contribution in [0.4, 0.5) is 5.82 Å². The summed E-state index contributed by atoms with van der Waals surface area (Å²) in [6.07, 6.45) is 0.951. The van der Waals surface area contributed by atoms with Crippen LogP contribution in [-0.4, -0.2) is 26.7 Å². The Morgan fingerprint density at radius 1 is 1.33 bits per heavy atom. The molecule has 3 aromatic rings. The standard InChI is InChI=1S/C20H18N4O3/c1-12(20(25)26)27-14-7-5-13(6-8-14)15-10-17(18-4-3-9-24(18)2)23-19(22)16(15)11-21/h3-10,12H,1-2H3,(H2,22,23)(H,25,26). The molecule has 0 bridgehead atoms. The molecule has 1 unspecified atom stereocenters. The van der Waals surface area contributed by atoms with E-state index in [4.69, 9.17) is 15.6 Å². The molecular formula is C20H18N4O3. The normalized spacial score (nSPS) is 11.6. The molecule has 0 saturated carbocycles. The van der Waals surface area contributed by atoms with Crippen molar-refractivity contribution in [3.8, 4) is 34.3 Å². The zero-order valence-corrected chi connectivity index (χ0v) is 14.9. The number of rotatable bonds is 5. The number of aromatic nitrogens is 2. The number of carboxylic acid groups (broad SMARTS) is 1. The zero-order chi connectivity index (χ0) is 19.6. The lowest BCUT2D eigenvalue weighted by molar-refractivity contribution is -0.144. The first kappa shape index (κ1) is 18.0. The number of hydrogen-bond donors (Lipinski definition) is 2. The summed E-state index contributed by atoms with van der Waals surface area (Å²) in [5, 5.41) is 18.4. The van der Waals surface area contributed by atoms with Crippen LogP contribution in [0, 0.1) is 11.3 Å². The first-order valence-corrected chi connectivity index (χ1v) is 8.23. The predicted molar refractivity (Wildman–Crippen MR) is 101 cm³/mol. The first-order valence-electron chi connectivity index (χ1n) is 8.23. The molecule has 27 heavy (non-hydrogen) atoms. The molecule has 0 saturated heterocycles. The average Bonchev–Trinajstić information content (AvgIpc) is 3.07. The van der Waals surface area contributed by atoms with E-state index in [0.29, 0.717) is 22.6 Å². The monoisotopic (exact) mass is 362 g/mol. The number of hydrogen-bond acceptors (Lipinski definition) is 5. The number of anilines is 1. The Morgan fingerprint density at radius 2 is 2.04 bits per heavy atom. The largest absolute Gasteiger partial charge is 0.479 e. The molecule has 7 heteroatoms. The Balaban J connectivity index is 2.03. The van der Waals surface area contributed by atoms with Crippen LogP contribution < -0.4 is 10.5 Å². The van der Waals surface area contributed by atoms with Crippen molar-refractivity contribution >= 4 is 11.8 Å². The van der Waals surface area contributed by atoms with Gasteiger partial charge in [-0.15, -0.1) is 0 Å². The highest BCUT2D eigenvalue weighted by Crippen LogP contribution is 2.32. The molecule has 0 aliphatic carbocycles. The number of ether oxygens (including phenoxy) is 1. The molecule has 136 valence electrons. The van der Waals surface area contributed by atoms with Crippen molar-refractivity contribution in [3.63, 3.8) is 0 Å². The van der Waals surface area contributed by atoms with Gasteiger partial charge in [0.15, 0.2) is 6.10 Å². The third kappa shape index (κ3) is 3.60. The van der Waals surface area contributed by atoms with Gasteiger partial charge >= 0.3 is 5.97 Å². The molecular weight excluding hydrogens is 344 g/mol. The van der Waals surface area contributed by atoms with Gasteiger partial charge in [-0.05, 0) is 42.8 Å². The number of benzene rings is 1. The van der Waals surface area contributed by atoms with Gasteiger partial charge in [-0.2, -0.15) is 5.26 Å². The summed E-state index contributed by atoms with van der Waals surface area (Å²) >= 11 is 0. The summed E-state index contributed by atoms with van der Waals surface area (Å²) in [7, 11) is 1.90. The molecule has 0 aliphatic heterocycles. The highest BCUT2D eigenvalue weighted by molar-refractivity contribution is 5.80. The first-order chi connectivity index (χ1) is 12.9. The van der Waals surface area contributed by atoms with Crippen molar-refractivity contribution in [1.29, 1.82) is 5.26 Å². The number of nitrogens with zero attached hydrogens (tertiary/aromatic N) is 3. The van der Waals surface area contributed by atoms with Crippen LogP contribution >= 0.6 is 0 Å².